The second-order valence-corrected chi connectivity index (χ2v) is 9.81. The first-order valence-electron chi connectivity index (χ1n) is 9.23. The van der Waals surface area contributed by atoms with Crippen molar-refractivity contribution in [3.63, 3.8) is 0 Å². The van der Waals surface area contributed by atoms with Crippen LogP contribution in [-0.2, 0) is 22.4 Å². The third-order valence-electron chi connectivity index (χ3n) is 4.78. The van der Waals surface area contributed by atoms with E-state index >= 15 is 0 Å². The molecule has 1 aliphatic rings. The van der Waals surface area contributed by atoms with Gasteiger partial charge in [0.2, 0.25) is 0 Å². The zero-order chi connectivity index (χ0) is 24.8. The molecule has 5 nitrogen and oxygen atoms in total. The van der Waals surface area contributed by atoms with Gasteiger partial charge in [-0.2, -0.15) is 26.3 Å². The summed E-state index contributed by atoms with van der Waals surface area (Å²) < 4.78 is 112. The Kier molecular flexibility index (Phi) is 7.05. The number of rotatable bonds is 5. The Balaban J connectivity index is 1.96. The summed E-state index contributed by atoms with van der Waals surface area (Å²) in [5.74, 6) is -0.590. The summed E-state index contributed by atoms with van der Waals surface area (Å²) in [7, 11) is -2.89. The number of halogens is 8. The number of ether oxygens (including phenoxy) is 1. The Hall–Kier alpha value is -1.89. The molecule has 14 heteroatoms. The van der Waals surface area contributed by atoms with Crippen LogP contribution in [0.25, 0.3) is 0 Å². The molecule has 0 aromatic heterocycles. The number of alkyl halides is 6. The van der Waals surface area contributed by atoms with E-state index in [0.29, 0.717) is 37.7 Å². The fraction of sp³-hybridized carbons (Fsp3) is 0.368. The van der Waals surface area contributed by atoms with Crippen LogP contribution in [0.15, 0.2) is 35.2 Å². The normalized spacial score (nSPS) is 17.9. The highest BCUT2D eigenvalue weighted by Gasteiger charge is 2.37. The Morgan fingerprint density at radius 2 is 1.64 bits per heavy atom. The molecule has 0 unspecified atom stereocenters. The molecule has 1 heterocycles. The van der Waals surface area contributed by atoms with Gasteiger partial charge in [0.15, 0.2) is 0 Å². The first-order valence-corrected chi connectivity index (χ1v) is 11.5. The number of hydrogen-bond donors (Lipinski definition) is 1. The van der Waals surface area contributed by atoms with Gasteiger partial charge in [-0.1, -0.05) is 23.2 Å². The molecular formula is C19H16Cl2F6N2O3S. The van der Waals surface area contributed by atoms with Crippen LogP contribution in [-0.4, -0.2) is 39.6 Å². The second-order valence-electron chi connectivity index (χ2n) is 7.37. The lowest BCUT2D eigenvalue weighted by molar-refractivity contribution is -0.139. The number of nitrogens with one attached hydrogen (secondary N) is 1. The van der Waals surface area contributed by atoms with Gasteiger partial charge in [-0.3, -0.25) is 4.72 Å². The molecule has 0 saturated carbocycles. The Bertz CT molecular complexity index is 1130. The SMILES string of the molecule is CN1CC[C@@H](Oc2cc(NS(=O)(=O)c3c(Cl)cc(C(F)(F)F)cc3Cl)ccc2C(F)(F)F)C1. The number of sulfonamides is 1. The van der Waals surface area contributed by atoms with E-state index in [-0.39, 0.29) is 5.69 Å². The third kappa shape index (κ3) is 5.97. The smallest absolute Gasteiger partial charge is 0.419 e. The predicted molar refractivity (Wildman–Crippen MR) is 110 cm³/mol. The molecule has 1 fully saturated rings. The van der Waals surface area contributed by atoms with Crippen LogP contribution in [0.5, 0.6) is 5.75 Å². The van der Waals surface area contributed by atoms with Crippen molar-refractivity contribution in [2.45, 2.75) is 29.8 Å². The van der Waals surface area contributed by atoms with Crippen LogP contribution in [0.3, 0.4) is 0 Å². The summed E-state index contributed by atoms with van der Waals surface area (Å²) in [5, 5.41) is -1.61. The topological polar surface area (TPSA) is 58.6 Å². The average molecular weight is 537 g/mol. The van der Waals surface area contributed by atoms with Gasteiger partial charge in [0.1, 0.15) is 16.7 Å². The predicted octanol–water partition coefficient (Wildman–Crippen LogP) is 5.91. The van der Waals surface area contributed by atoms with E-state index in [1.807, 2.05) is 9.62 Å². The largest absolute Gasteiger partial charge is 0.488 e. The first kappa shape index (κ1) is 25.7. The van der Waals surface area contributed by atoms with Crippen LogP contribution >= 0.6 is 23.2 Å². The Morgan fingerprint density at radius 3 is 2.12 bits per heavy atom. The number of benzene rings is 2. The molecule has 2 aromatic rings. The summed E-state index contributed by atoms with van der Waals surface area (Å²) in [4.78, 5) is 1.01. The number of nitrogens with zero attached hydrogens (tertiary/aromatic N) is 1. The molecule has 33 heavy (non-hydrogen) atoms. The number of hydrogen-bond acceptors (Lipinski definition) is 4. The van der Waals surface area contributed by atoms with Crippen LogP contribution in [0.2, 0.25) is 10.0 Å². The minimum Gasteiger partial charge on any atom is -0.488 e. The van der Waals surface area contributed by atoms with E-state index in [2.05, 4.69) is 0 Å². The first-order chi connectivity index (χ1) is 15.1. The molecule has 0 amide bonds. The van der Waals surface area contributed by atoms with Crippen molar-refractivity contribution >= 4 is 38.9 Å². The summed E-state index contributed by atoms with van der Waals surface area (Å²) in [6.45, 7) is 0.993. The molecule has 0 bridgehead atoms. The van der Waals surface area contributed by atoms with Gasteiger partial charge in [0.25, 0.3) is 10.0 Å². The molecule has 182 valence electrons. The van der Waals surface area contributed by atoms with Crippen LogP contribution < -0.4 is 9.46 Å². The maximum atomic E-state index is 13.4. The monoisotopic (exact) mass is 536 g/mol. The fourth-order valence-electron chi connectivity index (χ4n) is 3.27. The van der Waals surface area contributed by atoms with Gasteiger partial charge >= 0.3 is 12.4 Å². The van der Waals surface area contributed by atoms with Gasteiger partial charge in [0, 0.05) is 19.2 Å². The third-order valence-corrected chi connectivity index (χ3v) is 7.08. The molecule has 3 rings (SSSR count). The minimum absolute atomic E-state index is 0.323. The molecular weight excluding hydrogens is 521 g/mol. The maximum Gasteiger partial charge on any atom is 0.419 e. The Labute approximate surface area is 195 Å². The lowest BCUT2D eigenvalue weighted by atomic mass is 10.1. The van der Waals surface area contributed by atoms with Crippen molar-refractivity contribution in [2.75, 3.05) is 24.9 Å². The highest BCUT2D eigenvalue weighted by atomic mass is 35.5. The summed E-state index contributed by atoms with van der Waals surface area (Å²) in [6.07, 6.45) is -9.66. The second kappa shape index (κ2) is 9.05. The molecule has 0 aliphatic carbocycles. The van der Waals surface area contributed by atoms with Gasteiger partial charge in [-0.15, -0.1) is 0 Å². The van der Waals surface area contributed by atoms with Gasteiger partial charge < -0.3 is 9.64 Å². The van der Waals surface area contributed by atoms with Crippen LogP contribution in [0, 0.1) is 0 Å². The number of likely N-dealkylation sites (tertiary alicyclic amines) is 1. The van der Waals surface area contributed by atoms with Crippen molar-refractivity contribution in [3.05, 3.63) is 51.5 Å². The van der Waals surface area contributed by atoms with Crippen molar-refractivity contribution in [2.24, 2.45) is 0 Å². The van der Waals surface area contributed by atoms with E-state index in [1.165, 1.54) is 0 Å². The van der Waals surface area contributed by atoms with Crippen LogP contribution in [0.4, 0.5) is 32.0 Å². The summed E-state index contributed by atoms with van der Waals surface area (Å²) in [5.41, 5.74) is -2.69. The molecule has 0 spiro atoms. The van der Waals surface area contributed by atoms with E-state index in [1.54, 1.807) is 7.05 Å². The van der Waals surface area contributed by atoms with E-state index in [0.717, 1.165) is 12.1 Å². The van der Waals surface area contributed by atoms with Crippen LogP contribution in [0.1, 0.15) is 17.5 Å². The maximum absolute atomic E-state index is 13.4. The number of likely N-dealkylation sites (N-methyl/N-ethyl adjacent to an activating group) is 1. The quantitative estimate of drug-likeness (QED) is 0.482. The molecule has 0 radical (unpaired) electrons. The fourth-order valence-corrected chi connectivity index (χ4v) is 5.54. The minimum atomic E-state index is -4.82. The van der Waals surface area contributed by atoms with E-state index in [9.17, 15) is 34.8 Å². The van der Waals surface area contributed by atoms with Crippen molar-refractivity contribution in [1.82, 2.24) is 4.90 Å². The van der Waals surface area contributed by atoms with Gasteiger partial charge in [0.05, 0.1) is 26.9 Å². The average Bonchev–Trinajstić information content (AvgIpc) is 3.03. The summed E-state index contributed by atoms with van der Waals surface area (Å²) >= 11 is 11.5. The van der Waals surface area contributed by atoms with Crippen molar-refractivity contribution in [1.29, 1.82) is 0 Å². The van der Waals surface area contributed by atoms with Crippen molar-refractivity contribution < 1.29 is 39.5 Å². The highest BCUT2D eigenvalue weighted by molar-refractivity contribution is 7.93. The lowest BCUT2D eigenvalue weighted by Gasteiger charge is -2.20. The molecule has 1 aliphatic heterocycles. The highest BCUT2D eigenvalue weighted by Crippen LogP contribution is 2.41. The number of anilines is 1. The van der Waals surface area contributed by atoms with Crippen molar-refractivity contribution in [3.8, 4) is 5.75 Å². The van der Waals surface area contributed by atoms with Gasteiger partial charge in [-0.05, 0) is 37.7 Å². The zero-order valence-corrected chi connectivity index (χ0v) is 19.0. The molecule has 1 atom stereocenters. The Morgan fingerprint density at radius 1 is 1.03 bits per heavy atom. The lowest BCUT2D eigenvalue weighted by Crippen LogP contribution is -2.23. The van der Waals surface area contributed by atoms with E-state index in [4.69, 9.17) is 27.9 Å². The molecule has 1 N–H and O–H groups in total. The molecule has 1 saturated heterocycles. The zero-order valence-electron chi connectivity index (χ0n) is 16.7. The van der Waals surface area contributed by atoms with Gasteiger partial charge in [-0.25, -0.2) is 8.42 Å². The molecule has 2 aromatic carbocycles. The standard InChI is InChI=1S/C19H16Cl2F6N2O3S/c1-29-5-4-12(9-29)32-16-8-11(2-3-13(16)19(25,26)27)28-33(30,31)17-14(20)6-10(7-15(17)21)18(22,23)24/h2-3,6-8,12,28H,4-5,9H2,1H3/t12-/m1/s1. The summed E-state index contributed by atoms with van der Waals surface area (Å²) in [6, 6.07) is 3.12. The van der Waals surface area contributed by atoms with E-state index < -0.39 is 60.3 Å².